The van der Waals surface area contributed by atoms with Crippen molar-refractivity contribution in [1.29, 1.82) is 0 Å². The van der Waals surface area contributed by atoms with Gasteiger partial charge in [-0.2, -0.15) is 4.31 Å². The number of hydrogen-bond donors (Lipinski definition) is 2. The maximum absolute atomic E-state index is 13.0. The summed E-state index contributed by atoms with van der Waals surface area (Å²) in [6.07, 6.45) is 8.07. The third-order valence-electron chi connectivity index (χ3n) is 9.59. The number of fused-ring (bicyclic) bond motifs is 1. The molecule has 6 nitrogen and oxygen atoms in total. The van der Waals surface area contributed by atoms with Crippen molar-refractivity contribution in [2.45, 2.75) is 62.3 Å². The van der Waals surface area contributed by atoms with Crippen molar-refractivity contribution in [2.24, 2.45) is 29.1 Å². The second-order valence-electron chi connectivity index (χ2n) is 10.9. The third-order valence-corrected chi connectivity index (χ3v) is 11.6. The summed E-state index contributed by atoms with van der Waals surface area (Å²) < 4.78 is 27.6. The number of rotatable bonds is 5. The standard InChI is InChI=1S/C24H33N3O3S/c1-16-4-2-3-5-21(16)31(29,30)27-8-6-17(7-9-27)15-25-22(28)26-23-13-19-10-18-11-20(14-23)24(19,23)12-18/h2-5,17-20H,6-15H2,1H3,(H2,25,26,28)/t18?,19-,20?,23?,24?/m0/s1. The van der Waals surface area contributed by atoms with Gasteiger partial charge < -0.3 is 10.6 Å². The molecule has 0 aromatic heterocycles. The van der Waals surface area contributed by atoms with Crippen LogP contribution < -0.4 is 10.6 Å². The van der Waals surface area contributed by atoms with Gasteiger partial charge in [-0.3, -0.25) is 0 Å². The molecule has 168 valence electrons. The van der Waals surface area contributed by atoms with E-state index in [1.54, 1.807) is 16.4 Å². The van der Waals surface area contributed by atoms with Gasteiger partial charge in [-0.15, -0.1) is 0 Å². The SMILES string of the molecule is Cc1ccccc1S(=O)(=O)N1CCC(CNC(=O)NC23CC4CC5C[C@@H](C2)C43C5)CC1. The number of nitrogens with zero attached hydrogens (tertiary/aromatic N) is 1. The fraction of sp³-hybridized carbons (Fsp3) is 0.708. The van der Waals surface area contributed by atoms with E-state index in [-0.39, 0.29) is 11.6 Å². The van der Waals surface area contributed by atoms with Crippen molar-refractivity contribution in [1.82, 2.24) is 14.9 Å². The highest BCUT2D eigenvalue weighted by Gasteiger charge is 2.81. The fourth-order valence-electron chi connectivity index (χ4n) is 8.24. The highest BCUT2D eigenvalue weighted by molar-refractivity contribution is 7.89. The largest absolute Gasteiger partial charge is 0.338 e. The Bertz CT molecular complexity index is 999. The number of piperidine rings is 1. The van der Waals surface area contributed by atoms with E-state index in [2.05, 4.69) is 10.6 Å². The van der Waals surface area contributed by atoms with Crippen LogP contribution in [0.25, 0.3) is 0 Å². The van der Waals surface area contributed by atoms with Crippen LogP contribution in [0.2, 0.25) is 0 Å². The summed E-state index contributed by atoms with van der Waals surface area (Å²) >= 11 is 0. The van der Waals surface area contributed by atoms with Gasteiger partial charge in [-0.25, -0.2) is 13.2 Å². The number of nitrogens with one attached hydrogen (secondary N) is 2. The Labute approximate surface area is 185 Å². The molecule has 1 aromatic rings. The summed E-state index contributed by atoms with van der Waals surface area (Å²) in [7, 11) is -3.44. The van der Waals surface area contributed by atoms with E-state index >= 15 is 0 Å². The van der Waals surface area contributed by atoms with Gasteiger partial charge in [0.25, 0.3) is 0 Å². The predicted molar refractivity (Wildman–Crippen MR) is 118 cm³/mol. The molecule has 5 fully saturated rings. The molecule has 4 saturated carbocycles. The average molecular weight is 444 g/mol. The van der Waals surface area contributed by atoms with Gasteiger partial charge in [0, 0.05) is 25.2 Å². The highest BCUT2D eigenvalue weighted by Crippen LogP contribution is 2.82. The molecule has 31 heavy (non-hydrogen) atoms. The first-order valence-electron chi connectivity index (χ1n) is 12.0. The second-order valence-corrected chi connectivity index (χ2v) is 12.8. The maximum atomic E-state index is 13.0. The molecule has 1 spiro atoms. The van der Waals surface area contributed by atoms with E-state index in [0.717, 1.165) is 36.2 Å². The molecule has 1 saturated heterocycles. The summed E-state index contributed by atoms with van der Waals surface area (Å²) in [6.45, 7) is 3.50. The molecular weight excluding hydrogens is 410 g/mol. The maximum Gasteiger partial charge on any atom is 0.315 e. The van der Waals surface area contributed by atoms with Crippen molar-refractivity contribution >= 4 is 16.1 Å². The first-order valence-corrected chi connectivity index (χ1v) is 13.4. The Morgan fingerprint density at radius 2 is 1.77 bits per heavy atom. The summed E-state index contributed by atoms with van der Waals surface area (Å²) in [4.78, 5) is 13.1. The predicted octanol–water partition coefficient (Wildman–Crippen LogP) is 3.27. The van der Waals surface area contributed by atoms with Gasteiger partial charge in [0.15, 0.2) is 0 Å². The first kappa shape index (κ1) is 20.0. The van der Waals surface area contributed by atoms with Gasteiger partial charge >= 0.3 is 6.03 Å². The number of hydrogen-bond acceptors (Lipinski definition) is 3. The van der Waals surface area contributed by atoms with Crippen molar-refractivity contribution in [3.63, 3.8) is 0 Å². The van der Waals surface area contributed by atoms with E-state index in [4.69, 9.17) is 0 Å². The Morgan fingerprint density at radius 1 is 1.10 bits per heavy atom. The molecule has 1 heterocycles. The summed E-state index contributed by atoms with van der Waals surface area (Å²) in [5.41, 5.74) is 1.32. The van der Waals surface area contributed by atoms with Crippen LogP contribution in [0.4, 0.5) is 4.79 Å². The van der Waals surface area contributed by atoms with E-state index in [9.17, 15) is 13.2 Å². The van der Waals surface area contributed by atoms with Gasteiger partial charge in [0.2, 0.25) is 10.0 Å². The average Bonchev–Trinajstić information content (AvgIpc) is 3.26. The zero-order valence-electron chi connectivity index (χ0n) is 18.3. The van der Waals surface area contributed by atoms with Crippen LogP contribution in [0.3, 0.4) is 0 Å². The smallest absolute Gasteiger partial charge is 0.315 e. The number of benzene rings is 1. The number of amides is 2. The lowest BCUT2D eigenvalue weighted by Crippen LogP contribution is -2.80. The molecule has 5 aliphatic rings. The molecule has 4 aliphatic carbocycles. The minimum Gasteiger partial charge on any atom is -0.338 e. The minimum atomic E-state index is -3.44. The number of carbonyl (C=O) groups excluding carboxylic acids is 1. The van der Waals surface area contributed by atoms with Gasteiger partial charge in [0.1, 0.15) is 0 Å². The summed E-state index contributed by atoms with van der Waals surface area (Å²) in [5, 5.41) is 6.51. The van der Waals surface area contributed by atoms with Crippen molar-refractivity contribution in [2.75, 3.05) is 19.6 Å². The zero-order valence-corrected chi connectivity index (χ0v) is 19.1. The van der Waals surface area contributed by atoms with Gasteiger partial charge in [-0.1, -0.05) is 18.2 Å². The molecule has 2 N–H and O–H groups in total. The molecule has 2 bridgehead atoms. The lowest BCUT2D eigenvalue weighted by molar-refractivity contribution is -0.208. The summed E-state index contributed by atoms with van der Waals surface area (Å²) in [6, 6.07) is 7.15. The monoisotopic (exact) mass is 443 g/mol. The Balaban J connectivity index is 1.00. The molecule has 4 unspecified atom stereocenters. The molecule has 0 radical (unpaired) electrons. The second kappa shape index (κ2) is 6.70. The van der Waals surface area contributed by atoms with E-state index < -0.39 is 10.0 Å². The molecular formula is C24H33N3O3S. The molecule has 7 heteroatoms. The van der Waals surface area contributed by atoms with Crippen LogP contribution in [-0.2, 0) is 10.0 Å². The minimum absolute atomic E-state index is 0.0170. The topological polar surface area (TPSA) is 78.5 Å². The molecule has 1 aromatic carbocycles. The van der Waals surface area contributed by atoms with E-state index in [0.29, 0.717) is 35.9 Å². The van der Waals surface area contributed by atoms with Crippen LogP contribution in [0.5, 0.6) is 0 Å². The first-order chi connectivity index (χ1) is 14.8. The van der Waals surface area contributed by atoms with Crippen LogP contribution in [0, 0.1) is 36.0 Å². The van der Waals surface area contributed by atoms with Gasteiger partial charge in [-0.05, 0) is 92.6 Å². The van der Waals surface area contributed by atoms with Crippen molar-refractivity contribution < 1.29 is 13.2 Å². The number of sulfonamides is 1. The van der Waals surface area contributed by atoms with E-state index in [1.165, 1.54) is 32.1 Å². The Hall–Kier alpha value is -1.60. The van der Waals surface area contributed by atoms with Gasteiger partial charge in [0.05, 0.1) is 4.90 Å². The van der Waals surface area contributed by atoms with Crippen molar-refractivity contribution in [3.8, 4) is 0 Å². The van der Waals surface area contributed by atoms with Crippen molar-refractivity contribution in [3.05, 3.63) is 29.8 Å². The summed E-state index contributed by atoms with van der Waals surface area (Å²) in [5.74, 6) is 2.98. The lowest BCUT2D eigenvalue weighted by Gasteiger charge is -2.74. The third kappa shape index (κ3) is 2.71. The quantitative estimate of drug-likeness (QED) is 0.733. The van der Waals surface area contributed by atoms with Crippen LogP contribution in [0.15, 0.2) is 29.2 Å². The van der Waals surface area contributed by atoms with Crippen LogP contribution >= 0.6 is 0 Å². The molecule has 2 amide bonds. The lowest BCUT2D eigenvalue weighted by atomic mass is 9.34. The highest BCUT2D eigenvalue weighted by atomic mass is 32.2. The Kier molecular flexibility index (Phi) is 4.33. The molecule has 5 atom stereocenters. The zero-order chi connectivity index (χ0) is 21.4. The Morgan fingerprint density at radius 3 is 2.42 bits per heavy atom. The van der Waals surface area contributed by atoms with Crippen LogP contribution in [0.1, 0.15) is 50.5 Å². The number of carbonyl (C=O) groups is 1. The number of aryl methyl sites for hydroxylation is 1. The normalized spacial score (nSPS) is 38.8. The van der Waals surface area contributed by atoms with E-state index in [1.807, 2.05) is 19.1 Å². The molecule has 6 rings (SSSR count). The fourth-order valence-corrected chi connectivity index (χ4v) is 9.93. The van der Waals surface area contributed by atoms with Crippen LogP contribution in [-0.4, -0.2) is 43.9 Å². The molecule has 1 aliphatic heterocycles. The number of urea groups is 1.